The van der Waals surface area contributed by atoms with E-state index in [0.717, 1.165) is 93.7 Å². The molecule has 11 aromatic rings. The fourth-order valence-electron chi connectivity index (χ4n) is 7.36. The van der Waals surface area contributed by atoms with Gasteiger partial charge in [-0.15, -0.1) is 0 Å². The van der Waals surface area contributed by atoms with E-state index in [1.807, 2.05) is 54.6 Å². The van der Waals surface area contributed by atoms with Crippen LogP contribution in [-0.4, -0.2) is 9.97 Å². The van der Waals surface area contributed by atoms with Crippen molar-refractivity contribution in [2.75, 3.05) is 0 Å². The number of rotatable bonds is 3. The number of hydrogen-bond acceptors (Lipinski definition) is 5. The number of hydrogen-bond donors (Lipinski definition) is 0. The van der Waals surface area contributed by atoms with Crippen molar-refractivity contribution in [2.24, 2.45) is 0 Å². The molecule has 0 aliphatic carbocycles. The minimum atomic E-state index is 0.593. The van der Waals surface area contributed by atoms with Crippen molar-refractivity contribution in [2.45, 2.75) is 0 Å². The maximum Gasteiger partial charge on any atom is 0.180 e. The maximum atomic E-state index is 6.52. The van der Waals surface area contributed by atoms with Crippen LogP contribution in [0.5, 0.6) is 0 Å². The Kier molecular flexibility index (Phi) is 5.32. The van der Waals surface area contributed by atoms with E-state index in [0.29, 0.717) is 11.4 Å². The molecule has 5 heteroatoms. The van der Waals surface area contributed by atoms with Gasteiger partial charge in [0.25, 0.3) is 0 Å². The largest absolute Gasteiger partial charge is 0.456 e. The van der Waals surface area contributed by atoms with Crippen molar-refractivity contribution in [3.05, 3.63) is 146 Å². The van der Waals surface area contributed by atoms with Crippen LogP contribution in [0.15, 0.2) is 159 Å². The van der Waals surface area contributed by atoms with Crippen molar-refractivity contribution in [3.63, 3.8) is 0 Å². The van der Waals surface area contributed by atoms with Crippen molar-refractivity contribution < 1.29 is 13.3 Å². The first-order valence-corrected chi connectivity index (χ1v) is 16.3. The molecule has 5 nitrogen and oxygen atoms in total. The number of nitrogens with zero attached hydrogens (tertiary/aromatic N) is 2. The molecule has 0 aliphatic heterocycles. The van der Waals surface area contributed by atoms with Gasteiger partial charge in [0.1, 0.15) is 39.1 Å². The number of fused-ring (bicyclic) bond motifs is 10. The van der Waals surface area contributed by atoms with Crippen LogP contribution in [0.3, 0.4) is 0 Å². The Bertz CT molecular complexity index is 3130. The molecule has 0 aliphatic rings. The summed E-state index contributed by atoms with van der Waals surface area (Å²) < 4.78 is 19.3. The lowest BCUT2D eigenvalue weighted by Gasteiger charge is -2.10. The van der Waals surface area contributed by atoms with E-state index in [2.05, 4.69) is 91.0 Å². The van der Waals surface area contributed by atoms with Crippen molar-refractivity contribution in [1.29, 1.82) is 0 Å². The van der Waals surface area contributed by atoms with Gasteiger partial charge in [-0.1, -0.05) is 91.0 Å². The van der Waals surface area contributed by atoms with E-state index >= 15 is 0 Å². The smallest absolute Gasteiger partial charge is 0.180 e. The third kappa shape index (κ3) is 3.93. The fourth-order valence-corrected chi connectivity index (χ4v) is 7.36. The van der Waals surface area contributed by atoms with Gasteiger partial charge in [-0.05, 0) is 76.5 Å². The maximum absolute atomic E-state index is 6.52. The van der Waals surface area contributed by atoms with Crippen LogP contribution < -0.4 is 0 Å². The molecule has 7 aromatic carbocycles. The Morgan fingerprint density at radius 3 is 1.88 bits per heavy atom. The van der Waals surface area contributed by atoms with E-state index in [4.69, 9.17) is 23.2 Å². The van der Waals surface area contributed by atoms with E-state index in [-0.39, 0.29) is 0 Å². The zero-order valence-corrected chi connectivity index (χ0v) is 26.0. The van der Waals surface area contributed by atoms with E-state index in [1.54, 1.807) is 0 Å². The lowest BCUT2D eigenvalue weighted by molar-refractivity contribution is 0.667. The summed E-state index contributed by atoms with van der Waals surface area (Å²) in [4.78, 5) is 10.4. The first-order chi connectivity index (χ1) is 24.2. The highest BCUT2D eigenvalue weighted by Crippen LogP contribution is 2.43. The van der Waals surface area contributed by atoms with Crippen LogP contribution in [0.4, 0.5) is 0 Å². The summed E-state index contributed by atoms with van der Waals surface area (Å²) in [6.45, 7) is 0. The summed E-state index contributed by atoms with van der Waals surface area (Å²) in [5.41, 5.74) is 10.1. The molecular weight excluding hydrogens is 604 g/mol. The average molecular weight is 629 g/mol. The number of aromatic nitrogens is 2. The third-order valence-electron chi connectivity index (χ3n) is 9.67. The Morgan fingerprint density at radius 1 is 0.388 bits per heavy atom. The predicted octanol–water partition coefficient (Wildman–Crippen LogP) is 12.3. The molecule has 0 amide bonds. The lowest BCUT2D eigenvalue weighted by atomic mass is 9.96. The zero-order valence-electron chi connectivity index (χ0n) is 26.0. The van der Waals surface area contributed by atoms with Gasteiger partial charge in [-0.3, -0.25) is 0 Å². The molecule has 0 saturated heterocycles. The van der Waals surface area contributed by atoms with Crippen LogP contribution in [-0.2, 0) is 0 Å². The van der Waals surface area contributed by atoms with Gasteiger partial charge in [0.2, 0.25) is 0 Å². The van der Waals surface area contributed by atoms with Gasteiger partial charge in [0.05, 0.1) is 0 Å². The van der Waals surface area contributed by atoms with Gasteiger partial charge >= 0.3 is 0 Å². The molecule has 0 radical (unpaired) electrons. The Morgan fingerprint density at radius 2 is 1.02 bits per heavy atom. The lowest BCUT2D eigenvalue weighted by Crippen LogP contribution is -1.95. The summed E-state index contributed by atoms with van der Waals surface area (Å²) >= 11 is 0. The second-order valence-electron chi connectivity index (χ2n) is 12.5. The molecule has 0 unspecified atom stereocenters. The van der Waals surface area contributed by atoms with Crippen molar-refractivity contribution >= 4 is 76.7 Å². The summed E-state index contributed by atoms with van der Waals surface area (Å²) in [5.74, 6) is 0.593. The van der Waals surface area contributed by atoms with Crippen molar-refractivity contribution in [1.82, 2.24) is 9.97 Å². The van der Waals surface area contributed by atoms with Gasteiger partial charge in [-0.2, -0.15) is 0 Å². The second kappa shape index (κ2) is 9.89. The molecule has 49 heavy (non-hydrogen) atoms. The third-order valence-corrected chi connectivity index (χ3v) is 9.67. The topological polar surface area (TPSA) is 65.2 Å². The SMILES string of the molecule is c1ccc2cc(-c3nc(-c4cc(-c5ccc6c(c5)oc5ccccc56)c5c(c4)oc4ccccc45)nc4c3oc3ccccc34)ccc2c1. The van der Waals surface area contributed by atoms with Gasteiger partial charge in [-0.25, -0.2) is 9.97 Å². The quantitative estimate of drug-likeness (QED) is 0.195. The monoisotopic (exact) mass is 628 g/mol. The highest BCUT2D eigenvalue weighted by molar-refractivity contribution is 6.15. The van der Waals surface area contributed by atoms with E-state index < -0.39 is 0 Å². The minimum absolute atomic E-state index is 0.593. The molecular formula is C44H24N2O3. The Hall–Kier alpha value is -6.72. The standard InChI is InChI=1S/C44H24N2O3/c1-2-10-26-21-28(18-17-25(26)9-1)41-43-42(33-13-5-8-16-37(33)49-43)46-44(45-41)29-22-34(40-32-12-4-7-15-36(32)48-39(40)24-29)27-19-20-31-30-11-3-6-14-35(30)47-38(31)23-27/h1-24H. The van der Waals surface area contributed by atoms with Crippen molar-refractivity contribution in [3.8, 4) is 33.8 Å². The van der Waals surface area contributed by atoms with Gasteiger partial charge < -0.3 is 13.3 Å². The molecule has 228 valence electrons. The number of para-hydroxylation sites is 3. The molecule has 0 spiro atoms. The summed E-state index contributed by atoms with van der Waals surface area (Å²) in [6, 6.07) is 49.8. The van der Waals surface area contributed by atoms with Gasteiger partial charge in [0, 0.05) is 38.1 Å². The molecule has 0 saturated carbocycles. The van der Waals surface area contributed by atoms with Crippen LogP contribution in [0.2, 0.25) is 0 Å². The molecule has 4 heterocycles. The summed E-state index contributed by atoms with van der Waals surface area (Å²) in [7, 11) is 0. The second-order valence-corrected chi connectivity index (χ2v) is 12.5. The zero-order chi connectivity index (χ0) is 32.1. The Balaban J connectivity index is 1.20. The predicted molar refractivity (Wildman–Crippen MR) is 198 cm³/mol. The van der Waals surface area contributed by atoms with Crippen LogP contribution in [0, 0.1) is 0 Å². The Labute approximate surface area is 278 Å². The fraction of sp³-hybridized carbons (Fsp3) is 0. The highest BCUT2D eigenvalue weighted by atomic mass is 16.3. The highest BCUT2D eigenvalue weighted by Gasteiger charge is 2.21. The molecule has 0 fully saturated rings. The molecule has 11 rings (SSSR count). The van der Waals surface area contributed by atoms with Crippen LogP contribution in [0.1, 0.15) is 0 Å². The summed E-state index contributed by atoms with van der Waals surface area (Å²) in [5, 5.41) is 7.54. The number of benzene rings is 7. The van der Waals surface area contributed by atoms with E-state index in [1.165, 1.54) is 5.39 Å². The van der Waals surface area contributed by atoms with Crippen LogP contribution in [0.25, 0.3) is 110 Å². The van der Waals surface area contributed by atoms with Crippen LogP contribution >= 0.6 is 0 Å². The minimum Gasteiger partial charge on any atom is -0.456 e. The normalized spacial score (nSPS) is 12.1. The van der Waals surface area contributed by atoms with Gasteiger partial charge in [0.15, 0.2) is 11.4 Å². The molecule has 0 bridgehead atoms. The first-order valence-electron chi connectivity index (χ1n) is 16.3. The van der Waals surface area contributed by atoms with E-state index in [9.17, 15) is 0 Å². The average Bonchev–Trinajstić information content (AvgIpc) is 3.84. The molecule has 0 N–H and O–H groups in total. The molecule has 0 atom stereocenters. The molecule has 4 aromatic heterocycles. The number of furan rings is 3. The summed E-state index contributed by atoms with van der Waals surface area (Å²) in [6.07, 6.45) is 0. The first kappa shape index (κ1) is 26.4.